The second-order valence-electron chi connectivity index (χ2n) is 13.8. The minimum atomic E-state index is -4.68. The van der Waals surface area contributed by atoms with Gasteiger partial charge in [-0.2, -0.15) is 0 Å². The van der Waals surface area contributed by atoms with Crippen molar-refractivity contribution >= 4 is 25.7 Å². The summed E-state index contributed by atoms with van der Waals surface area (Å²) >= 11 is 0. The molecule has 50 heavy (non-hydrogen) atoms. The van der Waals surface area contributed by atoms with Crippen LogP contribution in [0.1, 0.15) is 194 Å². The number of carbonyl (C=O) groups excluding carboxylic acids is 2. The Labute approximate surface area is 304 Å². The van der Waals surface area contributed by atoms with Gasteiger partial charge in [-0.15, -0.1) is 0 Å². The largest absolute Gasteiger partial charge is 0.480 e. The van der Waals surface area contributed by atoms with Crippen molar-refractivity contribution in [2.75, 3.05) is 19.8 Å². The predicted molar refractivity (Wildman–Crippen MR) is 199 cm³/mol. The minimum Gasteiger partial charge on any atom is -0.480 e. The van der Waals surface area contributed by atoms with Crippen LogP contribution in [0.4, 0.5) is 0 Å². The van der Waals surface area contributed by atoms with Crippen LogP contribution in [0.3, 0.4) is 0 Å². The number of unbranched alkanes of at least 4 members (excludes halogenated alkanes) is 24. The molecule has 0 bridgehead atoms. The van der Waals surface area contributed by atoms with Crippen LogP contribution in [0.25, 0.3) is 0 Å². The summed E-state index contributed by atoms with van der Waals surface area (Å²) in [6, 6.07) is -1.51. The van der Waals surface area contributed by atoms with E-state index in [0.29, 0.717) is 12.8 Å². The van der Waals surface area contributed by atoms with Gasteiger partial charge in [-0.25, -0.2) is 4.57 Å². The first-order chi connectivity index (χ1) is 24.1. The quantitative estimate of drug-likeness (QED) is 0.0313. The van der Waals surface area contributed by atoms with Gasteiger partial charge in [0.1, 0.15) is 12.6 Å². The van der Waals surface area contributed by atoms with Gasteiger partial charge in [-0.1, -0.05) is 168 Å². The maximum atomic E-state index is 12.2. The second kappa shape index (κ2) is 34.6. The first kappa shape index (κ1) is 48.5. The SMILES string of the molecule is CCCCCCCCCCCCCCCCCCCCCCCCCCCC(=O)OC[C@H](COP(=O)(O)OC[C@H](N)C(=O)O)OC(=O)CCC. The molecule has 0 aliphatic carbocycles. The summed E-state index contributed by atoms with van der Waals surface area (Å²) in [5.74, 6) is -2.43. The van der Waals surface area contributed by atoms with Crippen molar-refractivity contribution < 1.29 is 47.5 Å². The lowest BCUT2D eigenvalue weighted by molar-refractivity contribution is -0.161. The lowest BCUT2D eigenvalue weighted by Crippen LogP contribution is -2.34. The Balaban J connectivity index is 3.74. The third kappa shape index (κ3) is 33.6. The maximum Gasteiger partial charge on any atom is 0.472 e. The normalized spacial score (nSPS) is 13.8. The summed E-state index contributed by atoms with van der Waals surface area (Å²) < 4.78 is 31.9. The summed E-state index contributed by atoms with van der Waals surface area (Å²) in [7, 11) is -4.68. The highest BCUT2D eigenvalue weighted by molar-refractivity contribution is 7.47. The van der Waals surface area contributed by atoms with Gasteiger partial charge in [-0.3, -0.25) is 23.4 Å². The Bertz CT molecular complexity index is 875. The van der Waals surface area contributed by atoms with E-state index in [1.54, 1.807) is 6.92 Å². The van der Waals surface area contributed by atoms with E-state index >= 15 is 0 Å². The van der Waals surface area contributed by atoms with Crippen molar-refractivity contribution in [3.05, 3.63) is 0 Å². The number of hydrogen-bond donors (Lipinski definition) is 3. The molecular weight excluding hydrogens is 661 g/mol. The molecule has 0 heterocycles. The Morgan fingerprint density at radius 2 is 0.920 bits per heavy atom. The number of esters is 2. The van der Waals surface area contributed by atoms with E-state index in [1.807, 2.05) is 0 Å². The summed E-state index contributed by atoms with van der Waals surface area (Å²) in [5.41, 5.74) is 5.26. The maximum absolute atomic E-state index is 12.2. The zero-order chi connectivity index (χ0) is 37.1. The van der Waals surface area contributed by atoms with Crippen LogP contribution in [0.2, 0.25) is 0 Å². The van der Waals surface area contributed by atoms with Crippen LogP contribution in [0, 0.1) is 0 Å². The van der Waals surface area contributed by atoms with Crippen LogP contribution >= 0.6 is 7.82 Å². The van der Waals surface area contributed by atoms with Gasteiger partial charge in [0.05, 0.1) is 13.2 Å². The summed E-state index contributed by atoms with van der Waals surface area (Å²) in [4.78, 5) is 44.7. The molecule has 0 aliphatic rings. The summed E-state index contributed by atoms with van der Waals surface area (Å²) in [6.45, 7) is 2.39. The molecule has 0 aromatic carbocycles. The smallest absolute Gasteiger partial charge is 0.472 e. The Morgan fingerprint density at radius 3 is 1.30 bits per heavy atom. The molecule has 1 unspecified atom stereocenters. The van der Waals surface area contributed by atoms with Crippen LogP contribution < -0.4 is 5.73 Å². The highest BCUT2D eigenvalue weighted by atomic mass is 31.2. The topological polar surface area (TPSA) is 172 Å². The number of phosphoric ester groups is 1. The molecule has 0 aliphatic heterocycles. The lowest BCUT2D eigenvalue weighted by Gasteiger charge is -2.20. The van der Waals surface area contributed by atoms with Crippen molar-refractivity contribution in [1.29, 1.82) is 0 Å². The van der Waals surface area contributed by atoms with Crippen molar-refractivity contribution in [3.63, 3.8) is 0 Å². The van der Waals surface area contributed by atoms with Gasteiger partial charge in [0, 0.05) is 12.8 Å². The third-order valence-corrected chi connectivity index (χ3v) is 9.78. The van der Waals surface area contributed by atoms with E-state index in [-0.39, 0.29) is 19.4 Å². The summed E-state index contributed by atoms with van der Waals surface area (Å²) in [6.07, 6.45) is 32.6. The molecule has 11 nitrogen and oxygen atoms in total. The number of nitrogens with two attached hydrogens (primary N) is 1. The summed E-state index contributed by atoms with van der Waals surface area (Å²) in [5, 5.41) is 8.77. The van der Waals surface area contributed by atoms with Crippen LogP contribution in [0.5, 0.6) is 0 Å². The zero-order valence-corrected chi connectivity index (χ0v) is 32.7. The molecule has 3 atom stereocenters. The number of carboxylic acids is 1. The van der Waals surface area contributed by atoms with Crippen molar-refractivity contribution in [2.24, 2.45) is 5.73 Å². The average molecular weight is 736 g/mol. The molecule has 0 aromatic rings. The fourth-order valence-corrected chi connectivity index (χ4v) is 6.47. The average Bonchev–Trinajstić information content (AvgIpc) is 3.08. The van der Waals surface area contributed by atoms with E-state index in [0.717, 1.165) is 19.3 Å². The molecule has 0 aromatic heterocycles. The van der Waals surface area contributed by atoms with E-state index in [9.17, 15) is 23.8 Å². The molecule has 4 N–H and O–H groups in total. The number of rotatable bonds is 38. The lowest BCUT2D eigenvalue weighted by atomic mass is 10.0. The van der Waals surface area contributed by atoms with Crippen LogP contribution in [0.15, 0.2) is 0 Å². The molecule has 0 rings (SSSR count). The monoisotopic (exact) mass is 736 g/mol. The first-order valence-electron chi connectivity index (χ1n) is 20.1. The van der Waals surface area contributed by atoms with Gasteiger partial charge >= 0.3 is 25.7 Å². The Morgan fingerprint density at radius 1 is 0.540 bits per heavy atom. The molecule has 0 radical (unpaired) electrons. The van der Waals surface area contributed by atoms with E-state index in [1.165, 1.54) is 135 Å². The van der Waals surface area contributed by atoms with Gasteiger partial charge in [0.15, 0.2) is 6.10 Å². The number of phosphoric acid groups is 1. The fraction of sp³-hybridized carbons (Fsp3) is 0.921. The van der Waals surface area contributed by atoms with Gasteiger partial charge in [0.25, 0.3) is 0 Å². The molecule has 296 valence electrons. The zero-order valence-electron chi connectivity index (χ0n) is 31.8. The van der Waals surface area contributed by atoms with Gasteiger partial charge < -0.3 is 25.2 Å². The second-order valence-corrected chi connectivity index (χ2v) is 15.2. The minimum absolute atomic E-state index is 0.116. The number of aliphatic carboxylic acids is 1. The third-order valence-electron chi connectivity index (χ3n) is 8.82. The Kier molecular flexibility index (Phi) is 33.5. The molecule has 0 saturated heterocycles. The molecule has 12 heteroatoms. The van der Waals surface area contributed by atoms with Crippen molar-refractivity contribution in [1.82, 2.24) is 0 Å². The van der Waals surface area contributed by atoms with E-state index in [2.05, 4.69) is 11.4 Å². The van der Waals surface area contributed by atoms with Crippen molar-refractivity contribution in [2.45, 2.75) is 206 Å². The van der Waals surface area contributed by atoms with Gasteiger partial charge in [-0.05, 0) is 12.8 Å². The van der Waals surface area contributed by atoms with Crippen LogP contribution in [-0.4, -0.2) is 59.9 Å². The molecule has 0 spiro atoms. The number of carboxylic acid groups (broad SMARTS) is 1. The number of carbonyl (C=O) groups is 3. The standard InChI is InChI=1S/C38H74NO10P/c1-3-5-6-7-8-9-10-11-12-13-14-15-16-17-18-19-20-21-22-23-24-25-26-27-28-30-36(40)46-31-34(49-37(41)29-4-2)32-47-50(44,45)48-33-35(39)38(42)43/h34-35H,3-33,39H2,1-2H3,(H,42,43)(H,44,45)/t34-,35+/m1/s1. The van der Waals surface area contributed by atoms with E-state index < -0.39 is 51.1 Å². The van der Waals surface area contributed by atoms with Crippen molar-refractivity contribution in [3.8, 4) is 0 Å². The highest BCUT2D eigenvalue weighted by Crippen LogP contribution is 2.43. The van der Waals surface area contributed by atoms with E-state index in [4.69, 9.17) is 24.8 Å². The molecular formula is C38H74NO10P. The number of ether oxygens (including phenoxy) is 2. The molecule has 0 fully saturated rings. The Hall–Kier alpha value is -1.52. The fourth-order valence-electron chi connectivity index (χ4n) is 5.69. The molecule has 0 amide bonds. The predicted octanol–water partition coefficient (Wildman–Crippen LogP) is 9.95. The van der Waals surface area contributed by atoms with Crippen LogP contribution in [-0.2, 0) is 37.5 Å². The highest BCUT2D eigenvalue weighted by Gasteiger charge is 2.28. The molecule has 0 saturated carbocycles. The number of hydrogen-bond acceptors (Lipinski definition) is 9. The van der Waals surface area contributed by atoms with Gasteiger partial charge in [0.2, 0.25) is 0 Å². The first-order valence-corrected chi connectivity index (χ1v) is 21.6.